The average molecular weight is 270 g/mol. The molecule has 0 bridgehead atoms. The van der Waals surface area contributed by atoms with Gasteiger partial charge in [0.05, 0.1) is 17.6 Å². The molecule has 104 valence electrons. The summed E-state index contributed by atoms with van der Waals surface area (Å²) in [6.07, 6.45) is 4.55. The molecule has 1 aromatic heterocycles. The van der Waals surface area contributed by atoms with Crippen LogP contribution in [0.15, 0.2) is 47.1 Å². The summed E-state index contributed by atoms with van der Waals surface area (Å²) in [6.45, 7) is 0.303. The van der Waals surface area contributed by atoms with Crippen LogP contribution >= 0.6 is 0 Å². The van der Waals surface area contributed by atoms with Gasteiger partial charge in [-0.2, -0.15) is 0 Å². The average Bonchev–Trinajstić information content (AvgIpc) is 2.92. The number of amides is 1. The first-order chi connectivity index (χ1) is 9.73. The van der Waals surface area contributed by atoms with Gasteiger partial charge in [-0.25, -0.2) is 0 Å². The summed E-state index contributed by atoms with van der Waals surface area (Å²) in [5.74, 6) is 0.523. The molecule has 0 spiro atoms. The van der Waals surface area contributed by atoms with Crippen LogP contribution in [-0.4, -0.2) is 5.91 Å². The maximum Gasteiger partial charge on any atom is 0.255 e. The fraction of sp³-hybridized carbons (Fsp3) is 0.312. The fourth-order valence-corrected chi connectivity index (χ4v) is 2.67. The summed E-state index contributed by atoms with van der Waals surface area (Å²) >= 11 is 0. The Morgan fingerprint density at radius 2 is 2.05 bits per heavy atom. The Bertz CT molecular complexity index is 600. The zero-order chi connectivity index (χ0) is 14.0. The smallest absolute Gasteiger partial charge is 0.255 e. The maximum atomic E-state index is 12.3. The van der Waals surface area contributed by atoms with Crippen molar-refractivity contribution in [2.45, 2.75) is 31.3 Å². The molecule has 1 aliphatic rings. The minimum atomic E-state index is -0.224. The van der Waals surface area contributed by atoms with E-state index in [1.165, 1.54) is 11.8 Å². The summed E-state index contributed by atoms with van der Waals surface area (Å²) in [7, 11) is 0. The summed E-state index contributed by atoms with van der Waals surface area (Å²) in [4.78, 5) is 12.3. The van der Waals surface area contributed by atoms with Crippen LogP contribution in [0.1, 0.15) is 40.9 Å². The van der Waals surface area contributed by atoms with Crippen molar-refractivity contribution < 1.29 is 9.21 Å². The molecule has 2 aromatic rings. The third-order valence-corrected chi connectivity index (χ3v) is 4.00. The Labute approximate surface area is 118 Å². The molecule has 1 aromatic carbocycles. The zero-order valence-electron chi connectivity index (χ0n) is 11.3. The Balaban J connectivity index is 1.80. The highest BCUT2D eigenvalue weighted by Gasteiger charge is 2.40. The number of hydrogen-bond donors (Lipinski definition) is 2. The molecule has 1 amide bonds. The molecule has 3 rings (SSSR count). The summed E-state index contributed by atoms with van der Waals surface area (Å²) in [5.41, 5.74) is 6.97. The fourth-order valence-electron chi connectivity index (χ4n) is 2.67. The first-order valence-electron chi connectivity index (χ1n) is 6.89. The molecule has 20 heavy (non-hydrogen) atoms. The molecule has 3 N–H and O–H groups in total. The Morgan fingerprint density at radius 3 is 2.60 bits per heavy atom. The van der Waals surface area contributed by atoms with Crippen molar-refractivity contribution in [1.29, 1.82) is 0 Å². The first kappa shape index (κ1) is 12.9. The molecule has 1 fully saturated rings. The lowest BCUT2D eigenvalue weighted by Gasteiger charge is -2.43. The summed E-state index contributed by atoms with van der Waals surface area (Å²) in [6, 6.07) is 11.8. The highest BCUT2D eigenvalue weighted by atomic mass is 16.3. The third-order valence-electron chi connectivity index (χ3n) is 4.00. The Kier molecular flexibility index (Phi) is 3.32. The van der Waals surface area contributed by atoms with Gasteiger partial charge in [-0.05, 0) is 30.9 Å². The highest BCUT2D eigenvalue weighted by Crippen LogP contribution is 2.41. The second-order valence-electron chi connectivity index (χ2n) is 5.26. The number of hydrogen-bond acceptors (Lipinski definition) is 3. The molecular weight excluding hydrogens is 252 g/mol. The number of carbonyl (C=O) groups excluding carboxylic acids is 1. The second-order valence-corrected chi connectivity index (χ2v) is 5.26. The van der Waals surface area contributed by atoms with E-state index in [9.17, 15) is 4.79 Å². The van der Waals surface area contributed by atoms with Crippen molar-refractivity contribution in [1.82, 2.24) is 5.32 Å². The van der Waals surface area contributed by atoms with E-state index in [-0.39, 0.29) is 11.4 Å². The van der Waals surface area contributed by atoms with E-state index < -0.39 is 0 Å². The van der Waals surface area contributed by atoms with Crippen molar-refractivity contribution in [2.75, 3.05) is 0 Å². The molecule has 1 heterocycles. The van der Waals surface area contributed by atoms with Crippen LogP contribution in [0.25, 0.3) is 0 Å². The second kappa shape index (κ2) is 5.13. The van der Waals surface area contributed by atoms with Crippen molar-refractivity contribution >= 4 is 5.91 Å². The summed E-state index contributed by atoms with van der Waals surface area (Å²) < 4.78 is 5.22. The molecule has 1 saturated carbocycles. The number of furan rings is 1. The molecule has 4 nitrogen and oxygen atoms in total. The van der Waals surface area contributed by atoms with E-state index in [1.54, 1.807) is 6.07 Å². The number of rotatable bonds is 4. The normalized spacial score (nSPS) is 16.4. The number of benzene rings is 1. The van der Waals surface area contributed by atoms with Crippen LogP contribution in [-0.2, 0) is 12.1 Å². The number of nitrogens with one attached hydrogen (secondary N) is 1. The van der Waals surface area contributed by atoms with E-state index in [0.717, 1.165) is 19.3 Å². The minimum Gasteiger partial charge on any atom is -0.467 e. The van der Waals surface area contributed by atoms with Crippen LogP contribution in [0.2, 0.25) is 0 Å². The largest absolute Gasteiger partial charge is 0.467 e. The molecule has 0 aliphatic heterocycles. The van der Waals surface area contributed by atoms with Gasteiger partial charge in [0.2, 0.25) is 0 Å². The van der Waals surface area contributed by atoms with Gasteiger partial charge in [-0.3, -0.25) is 4.79 Å². The first-order valence-corrected chi connectivity index (χ1v) is 6.89. The number of nitrogens with two attached hydrogens (primary N) is 1. The SMILES string of the molecule is NCc1cc(C(=O)NC2(c3ccccc3)CCC2)co1. The zero-order valence-corrected chi connectivity index (χ0v) is 11.3. The topological polar surface area (TPSA) is 68.3 Å². The van der Waals surface area contributed by atoms with E-state index >= 15 is 0 Å². The van der Waals surface area contributed by atoms with Gasteiger partial charge in [-0.1, -0.05) is 30.3 Å². The van der Waals surface area contributed by atoms with Crippen LogP contribution in [0.3, 0.4) is 0 Å². The molecular formula is C16H18N2O2. The lowest BCUT2D eigenvalue weighted by atomic mass is 9.71. The lowest BCUT2D eigenvalue weighted by Crippen LogP contribution is -2.50. The van der Waals surface area contributed by atoms with Gasteiger partial charge >= 0.3 is 0 Å². The van der Waals surface area contributed by atoms with Gasteiger partial charge in [-0.15, -0.1) is 0 Å². The van der Waals surface area contributed by atoms with Gasteiger partial charge in [0.1, 0.15) is 12.0 Å². The van der Waals surface area contributed by atoms with E-state index in [0.29, 0.717) is 17.9 Å². The molecule has 4 heteroatoms. The van der Waals surface area contributed by atoms with Gasteiger partial charge in [0.15, 0.2) is 0 Å². The lowest BCUT2D eigenvalue weighted by molar-refractivity contribution is 0.0822. The Hall–Kier alpha value is -2.07. The molecule has 0 saturated heterocycles. The van der Waals surface area contributed by atoms with Gasteiger partial charge in [0, 0.05) is 0 Å². The van der Waals surface area contributed by atoms with Gasteiger partial charge < -0.3 is 15.5 Å². The van der Waals surface area contributed by atoms with Crippen molar-refractivity contribution in [3.05, 3.63) is 59.5 Å². The van der Waals surface area contributed by atoms with Crippen molar-refractivity contribution in [2.24, 2.45) is 5.73 Å². The van der Waals surface area contributed by atoms with E-state index in [2.05, 4.69) is 17.4 Å². The maximum absolute atomic E-state index is 12.3. The van der Waals surface area contributed by atoms with E-state index in [4.69, 9.17) is 10.2 Å². The quantitative estimate of drug-likeness (QED) is 0.897. The molecule has 0 radical (unpaired) electrons. The van der Waals surface area contributed by atoms with Crippen LogP contribution in [0.4, 0.5) is 0 Å². The number of carbonyl (C=O) groups is 1. The van der Waals surface area contributed by atoms with Gasteiger partial charge in [0.25, 0.3) is 5.91 Å². The molecule has 0 unspecified atom stereocenters. The predicted molar refractivity (Wildman–Crippen MR) is 76.0 cm³/mol. The summed E-state index contributed by atoms with van der Waals surface area (Å²) in [5, 5.41) is 3.16. The predicted octanol–water partition coefficient (Wildman–Crippen LogP) is 2.55. The molecule has 0 atom stereocenters. The van der Waals surface area contributed by atoms with E-state index in [1.807, 2.05) is 18.2 Å². The molecule has 1 aliphatic carbocycles. The Morgan fingerprint density at radius 1 is 1.30 bits per heavy atom. The monoisotopic (exact) mass is 270 g/mol. The highest BCUT2D eigenvalue weighted by molar-refractivity contribution is 5.94. The third kappa shape index (κ3) is 2.23. The minimum absolute atomic E-state index is 0.1000. The van der Waals surface area contributed by atoms with Crippen molar-refractivity contribution in [3.63, 3.8) is 0 Å². The van der Waals surface area contributed by atoms with Crippen molar-refractivity contribution in [3.8, 4) is 0 Å². The van der Waals surface area contributed by atoms with Crippen LogP contribution in [0.5, 0.6) is 0 Å². The van der Waals surface area contributed by atoms with Crippen LogP contribution < -0.4 is 11.1 Å². The van der Waals surface area contributed by atoms with Crippen LogP contribution in [0, 0.1) is 0 Å². The standard InChI is InChI=1S/C16H18N2O2/c17-10-14-9-12(11-20-14)15(19)18-16(7-4-8-16)13-5-2-1-3-6-13/h1-3,5-6,9,11H,4,7-8,10,17H2,(H,18,19).